The quantitative estimate of drug-likeness (QED) is 0.473. The Kier molecular flexibility index (Phi) is 255. The summed E-state index contributed by atoms with van der Waals surface area (Å²) in [5, 5.41) is 0. The Hall–Kier alpha value is 1.70. The molecule has 0 spiro atoms. The summed E-state index contributed by atoms with van der Waals surface area (Å²) in [4.78, 5) is 0. The van der Waals surface area contributed by atoms with Crippen LogP contribution in [0, 0.1) is 28.2 Å². The minimum absolute atomic E-state index is 0. The van der Waals surface area contributed by atoms with Gasteiger partial charge in [0.2, 0.25) is 0 Å². The van der Waals surface area contributed by atoms with Crippen LogP contribution in [0.2, 0.25) is 0 Å². The smallest absolute Gasteiger partial charge is 0.454 e. The van der Waals surface area contributed by atoms with E-state index in [0.29, 0.717) is 8.58 Å². The molecule has 43 valence electrons. The normalized spacial score (nSPS) is 2.57. The molecule has 0 fully saturated rings. The predicted octanol–water partition coefficient (Wildman–Crippen LogP) is 2.14. The molecule has 0 unspecified atom stereocenters. The van der Waals surface area contributed by atoms with Gasteiger partial charge in [-0.2, -0.15) is 0 Å². The molecular formula is C4H11PVW. The van der Waals surface area contributed by atoms with Crippen LogP contribution in [0.1, 0.15) is 0 Å². The number of hydrogen-bond donors (Lipinski definition) is 0. The largest absolute Gasteiger partial charge is 2.00 e. The second-order valence-electron chi connectivity index (χ2n) is 0.250. The van der Waals surface area contributed by atoms with E-state index in [1.54, 1.807) is 0 Å². The molecule has 0 saturated carbocycles. The third kappa shape index (κ3) is 86.4. The first-order chi connectivity index (χ1) is 1.41. The average Bonchev–Trinajstić information content (AvgIpc) is 0.918. The fraction of sp³-hybridized carbons (Fsp3) is 0. The van der Waals surface area contributed by atoms with Crippen LogP contribution in [0.4, 0.5) is 0 Å². The van der Waals surface area contributed by atoms with Gasteiger partial charge in [-0.05, 0) is 0 Å². The summed E-state index contributed by atoms with van der Waals surface area (Å²) >= 11 is 0. The fourth-order valence-corrected chi connectivity index (χ4v) is 0. The summed E-state index contributed by atoms with van der Waals surface area (Å²) in [5.74, 6) is 0. The van der Waals surface area contributed by atoms with Crippen LogP contribution >= 0.6 is 8.58 Å². The molecule has 1 radical (unpaired) electrons. The van der Waals surface area contributed by atoms with Crippen molar-refractivity contribution in [3.05, 3.63) is 28.2 Å². The van der Waals surface area contributed by atoms with Crippen molar-refractivity contribution in [1.29, 1.82) is 0 Å². The summed E-state index contributed by atoms with van der Waals surface area (Å²) in [6.45, 7) is 6.81. The van der Waals surface area contributed by atoms with Crippen molar-refractivity contribution in [2.45, 2.75) is 0 Å². The van der Waals surface area contributed by atoms with Crippen LogP contribution in [-0.2, 0) is 39.6 Å². The molecule has 0 aliphatic heterocycles. The number of rotatable bonds is 0. The molecule has 0 aromatic heterocycles. The summed E-state index contributed by atoms with van der Waals surface area (Å²) < 4.78 is 0. The van der Waals surface area contributed by atoms with E-state index in [-0.39, 0.29) is 54.5 Å². The molecular weight excluding hydrogens is 314 g/mol. The van der Waals surface area contributed by atoms with E-state index in [4.69, 9.17) is 0 Å². The van der Waals surface area contributed by atoms with Crippen molar-refractivity contribution in [3.8, 4) is 0 Å². The van der Waals surface area contributed by atoms with E-state index in [1.165, 1.54) is 0 Å². The van der Waals surface area contributed by atoms with Gasteiger partial charge in [-0.15, -0.1) is 0 Å². The zero-order valence-corrected chi connectivity index (χ0v) is 10.1. The van der Waals surface area contributed by atoms with E-state index in [2.05, 4.69) is 13.3 Å². The van der Waals surface area contributed by atoms with Crippen LogP contribution in [0.5, 0.6) is 0 Å². The molecule has 7 heavy (non-hydrogen) atoms. The molecule has 0 atom stereocenters. The Morgan fingerprint density at radius 1 is 1.00 bits per heavy atom. The molecule has 0 aliphatic carbocycles. The number of hydrogen-bond acceptors (Lipinski definition) is 0. The maximum atomic E-state index is 3.40. The van der Waals surface area contributed by atoms with E-state index in [1.807, 2.05) is 0 Å². The minimum Gasteiger partial charge on any atom is -0.454 e. The SMILES string of the molecule is [CH2-]P[CH2-].[CH3-].[CH3-].[V+2].[W+2]. The minimum atomic E-state index is 0. The third-order valence-electron chi connectivity index (χ3n) is 0. The summed E-state index contributed by atoms with van der Waals surface area (Å²) in [6.07, 6.45) is 0. The molecule has 0 nitrogen and oxygen atoms in total. The van der Waals surface area contributed by atoms with Crippen LogP contribution in [0.15, 0.2) is 0 Å². The van der Waals surface area contributed by atoms with Crippen molar-refractivity contribution in [2.24, 2.45) is 0 Å². The van der Waals surface area contributed by atoms with Crippen LogP contribution in [0.3, 0.4) is 0 Å². The molecule has 0 bridgehead atoms. The predicted molar refractivity (Wildman–Crippen MR) is 31.9 cm³/mol. The third-order valence-corrected chi connectivity index (χ3v) is 0. The van der Waals surface area contributed by atoms with Crippen molar-refractivity contribution in [3.63, 3.8) is 0 Å². The summed E-state index contributed by atoms with van der Waals surface area (Å²) in [7, 11) is 0.583. The van der Waals surface area contributed by atoms with E-state index >= 15 is 0 Å². The molecule has 0 heterocycles. The Bertz CT molecular complexity index is 11.7. The van der Waals surface area contributed by atoms with Crippen molar-refractivity contribution < 1.29 is 39.6 Å². The van der Waals surface area contributed by atoms with Crippen LogP contribution < -0.4 is 0 Å². The van der Waals surface area contributed by atoms with E-state index < -0.39 is 0 Å². The molecule has 0 aliphatic rings. The van der Waals surface area contributed by atoms with Crippen molar-refractivity contribution >= 4 is 8.58 Å². The Balaban J connectivity index is -0.00000000333. The standard InChI is InChI=1S/C2H5P.2CH3.V.W/c1-3-2;;;;/h3H,1-2H2;2*1H3;;/q-2;2*-1;2*+2. The van der Waals surface area contributed by atoms with Crippen molar-refractivity contribution in [1.82, 2.24) is 0 Å². The molecule has 0 amide bonds. The van der Waals surface area contributed by atoms with Gasteiger partial charge in [-0.1, -0.05) is 0 Å². The Morgan fingerprint density at radius 2 is 1.00 bits per heavy atom. The van der Waals surface area contributed by atoms with Crippen LogP contribution in [0.25, 0.3) is 0 Å². The maximum Gasteiger partial charge on any atom is 2.00 e. The monoisotopic (exact) mass is 325 g/mol. The molecule has 0 aromatic rings. The van der Waals surface area contributed by atoms with Gasteiger partial charge in [-0.3, -0.25) is 0 Å². The Morgan fingerprint density at radius 3 is 1.00 bits per heavy atom. The molecule has 3 heteroatoms. The van der Waals surface area contributed by atoms with Gasteiger partial charge in [0.25, 0.3) is 0 Å². The second-order valence-corrected chi connectivity index (χ2v) is 0.750. The van der Waals surface area contributed by atoms with Gasteiger partial charge in [-0.25, -0.2) is 0 Å². The average molecular weight is 325 g/mol. The first kappa shape index (κ1) is 37.7. The topological polar surface area (TPSA) is 0 Å². The second kappa shape index (κ2) is 47.4. The maximum absolute atomic E-state index is 3.40. The molecule has 0 N–H and O–H groups in total. The van der Waals surface area contributed by atoms with Gasteiger partial charge < -0.3 is 36.8 Å². The van der Waals surface area contributed by atoms with Gasteiger partial charge in [0.15, 0.2) is 0 Å². The van der Waals surface area contributed by atoms with Crippen LogP contribution in [-0.4, -0.2) is 0 Å². The molecule has 0 aromatic carbocycles. The zero-order chi connectivity index (χ0) is 2.71. The van der Waals surface area contributed by atoms with E-state index in [0.717, 1.165) is 0 Å². The van der Waals surface area contributed by atoms with Gasteiger partial charge in [0, 0.05) is 0 Å². The van der Waals surface area contributed by atoms with Gasteiger partial charge in [0.05, 0.1) is 0 Å². The van der Waals surface area contributed by atoms with Gasteiger partial charge in [0.1, 0.15) is 0 Å². The fourth-order valence-electron chi connectivity index (χ4n) is 0. The van der Waals surface area contributed by atoms with Crippen molar-refractivity contribution in [2.75, 3.05) is 0 Å². The van der Waals surface area contributed by atoms with Gasteiger partial charge >= 0.3 is 39.6 Å². The first-order valence-corrected chi connectivity index (χ1v) is 2.12. The Labute approximate surface area is 76.2 Å². The molecule has 0 saturated heterocycles. The summed E-state index contributed by atoms with van der Waals surface area (Å²) in [6, 6.07) is 0. The first-order valence-electron chi connectivity index (χ1n) is 0.707. The summed E-state index contributed by atoms with van der Waals surface area (Å²) in [5.41, 5.74) is 0. The molecule has 0 rings (SSSR count). The van der Waals surface area contributed by atoms with E-state index in [9.17, 15) is 0 Å². The zero-order valence-electron chi connectivity index (χ0n) is 4.77.